The Morgan fingerprint density at radius 1 is 1.43 bits per heavy atom. The highest BCUT2D eigenvalue weighted by atomic mass is 35.5. The molecule has 1 aromatic carbocycles. The average molecular weight is 313 g/mol. The van der Waals surface area contributed by atoms with Crippen molar-refractivity contribution < 1.29 is 14.6 Å². The molecule has 0 spiro atoms. The third-order valence-corrected chi connectivity index (χ3v) is 3.72. The molecule has 116 valence electrons. The molecule has 1 heterocycles. The summed E-state index contributed by atoms with van der Waals surface area (Å²) in [6, 6.07) is 7.46. The normalized spacial score (nSPS) is 19.1. The molecule has 1 fully saturated rings. The van der Waals surface area contributed by atoms with Crippen molar-refractivity contribution in [2.24, 2.45) is 0 Å². The first-order valence-corrected chi connectivity index (χ1v) is 7.46. The van der Waals surface area contributed by atoms with Crippen LogP contribution in [0.25, 0.3) is 0 Å². The van der Waals surface area contributed by atoms with E-state index >= 15 is 0 Å². The van der Waals surface area contributed by atoms with E-state index in [0.29, 0.717) is 24.7 Å². The number of amides is 1. The van der Waals surface area contributed by atoms with Gasteiger partial charge in [0.2, 0.25) is 5.91 Å². The third-order valence-electron chi connectivity index (χ3n) is 3.46. The van der Waals surface area contributed by atoms with Crippen molar-refractivity contribution >= 4 is 17.5 Å². The van der Waals surface area contributed by atoms with Crippen molar-refractivity contribution in [1.29, 1.82) is 0 Å². The van der Waals surface area contributed by atoms with Gasteiger partial charge in [-0.25, -0.2) is 0 Å². The van der Waals surface area contributed by atoms with Gasteiger partial charge in [0.1, 0.15) is 0 Å². The zero-order valence-electron chi connectivity index (χ0n) is 12.1. The van der Waals surface area contributed by atoms with Gasteiger partial charge in [-0.2, -0.15) is 0 Å². The maximum atomic E-state index is 11.3. The molecular formula is C15H21ClN2O3. The number of ether oxygens (including phenoxy) is 1. The number of hydrogen-bond donors (Lipinski definition) is 2. The molecule has 2 rings (SSSR count). The molecule has 1 saturated heterocycles. The number of carbonyl (C=O) groups is 1. The Labute approximate surface area is 129 Å². The van der Waals surface area contributed by atoms with Crippen LogP contribution in [-0.2, 0) is 9.53 Å². The number of benzene rings is 1. The van der Waals surface area contributed by atoms with Crippen LogP contribution in [0, 0.1) is 0 Å². The summed E-state index contributed by atoms with van der Waals surface area (Å²) in [5.74, 6) is 0.00361. The molecule has 1 amide bonds. The number of hydrogen-bond acceptors (Lipinski definition) is 4. The van der Waals surface area contributed by atoms with Gasteiger partial charge in [-0.1, -0.05) is 23.7 Å². The highest BCUT2D eigenvalue weighted by Crippen LogP contribution is 2.19. The van der Waals surface area contributed by atoms with Crippen molar-refractivity contribution in [3.8, 4) is 0 Å². The predicted octanol–water partition coefficient (Wildman–Crippen LogP) is 1.21. The fraction of sp³-hybridized carbons (Fsp3) is 0.533. The van der Waals surface area contributed by atoms with E-state index in [9.17, 15) is 9.90 Å². The van der Waals surface area contributed by atoms with E-state index in [1.54, 1.807) is 0 Å². The lowest BCUT2D eigenvalue weighted by atomic mass is 10.1. The molecule has 0 unspecified atom stereocenters. The van der Waals surface area contributed by atoms with E-state index in [1.807, 2.05) is 36.1 Å². The van der Waals surface area contributed by atoms with Crippen LogP contribution in [0.1, 0.15) is 18.6 Å². The fourth-order valence-corrected chi connectivity index (χ4v) is 2.41. The molecule has 5 nitrogen and oxygen atoms in total. The van der Waals surface area contributed by atoms with Crippen LogP contribution >= 0.6 is 11.6 Å². The van der Waals surface area contributed by atoms with E-state index < -0.39 is 6.10 Å². The summed E-state index contributed by atoms with van der Waals surface area (Å²) in [5.41, 5.74) is 1.02. The number of carbonyl (C=O) groups excluding carboxylic acids is 1. The van der Waals surface area contributed by atoms with Crippen molar-refractivity contribution in [2.45, 2.75) is 19.1 Å². The monoisotopic (exact) mass is 312 g/mol. The lowest BCUT2D eigenvalue weighted by Crippen LogP contribution is -2.50. The van der Waals surface area contributed by atoms with Gasteiger partial charge in [-0.05, 0) is 24.6 Å². The van der Waals surface area contributed by atoms with Gasteiger partial charge in [0.15, 0.2) is 0 Å². The predicted molar refractivity (Wildman–Crippen MR) is 81.3 cm³/mol. The summed E-state index contributed by atoms with van der Waals surface area (Å²) in [6.07, 6.45) is -0.716. The molecule has 1 aliphatic rings. The number of aliphatic hydroxyl groups excluding tert-OH is 1. The van der Waals surface area contributed by atoms with Crippen LogP contribution in [0.15, 0.2) is 24.3 Å². The number of β-amino-alcohol motifs (C(OH)–C–C–N with tert-alkyl or cyclic N) is 1. The van der Waals surface area contributed by atoms with Crippen LogP contribution < -0.4 is 5.32 Å². The van der Waals surface area contributed by atoms with Gasteiger partial charge in [0.05, 0.1) is 25.4 Å². The largest absolute Gasteiger partial charge is 0.389 e. The van der Waals surface area contributed by atoms with Gasteiger partial charge in [-0.3, -0.25) is 9.69 Å². The molecule has 6 heteroatoms. The van der Waals surface area contributed by atoms with E-state index in [1.165, 1.54) is 0 Å². The van der Waals surface area contributed by atoms with Gasteiger partial charge in [0.25, 0.3) is 0 Å². The first kappa shape index (κ1) is 16.2. The van der Waals surface area contributed by atoms with E-state index in [2.05, 4.69) is 5.32 Å². The minimum atomic E-state index is -0.606. The number of nitrogens with zero attached hydrogens (tertiary/aromatic N) is 1. The van der Waals surface area contributed by atoms with Gasteiger partial charge < -0.3 is 15.2 Å². The van der Waals surface area contributed by atoms with Crippen molar-refractivity contribution in [2.75, 3.05) is 32.8 Å². The van der Waals surface area contributed by atoms with Crippen LogP contribution in [0.4, 0.5) is 0 Å². The van der Waals surface area contributed by atoms with Gasteiger partial charge >= 0.3 is 0 Å². The average Bonchev–Trinajstić information content (AvgIpc) is 2.45. The Kier molecular flexibility index (Phi) is 5.99. The summed E-state index contributed by atoms with van der Waals surface area (Å²) >= 11 is 5.85. The van der Waals surface area contributed by atoms with E-state index in [4.69, 9.17) is 16.3 Å². The van der Waals surface area contributed by atoms with E-state index in [-0.39, 0.29) is 18.6 Å². The Bertz CT molecular complexity index is 466. The molecule has 2 atom stereocenters. The molecule has 0 aliphatic carbocycles. The Hall–Kier alpha value is -1.14. The zero-order valence-corrected chi connectivity index (χ0v) is 12.8. The summed E-state index contributed by atoms with van der Waals surface area (Å²) in [4.78, 5) is 13.2. The first-order chi connectivity index (χ1) is 10.0. The number of nitrogens with one attached hydrogen (secondary N) is 1. The molecule has 21 heavy (non-hydrogen) atoms. The molecule has 0 aromatic heterocycles. The number of aliphatic hydroxyl groups is 1. The second kappa shape index (κ2) is 7.75. The maximum absolute atomic E-state index is 11.3. The summed E-state index contributed by atoms with van der Waals surface area (Å²) < 4.78 is 5.68. The van der Waals surface area contributed by atoms with Gasteiger partial charge in [0, 0.05) is 24.7 Å². The molecule has 0 saturated carbocycles. The van der Waals surface area contributed by atoms with E-state index in [0.717, 1.165) is 12.1 Å². The molecular weight excluding hydrogens is 292 g/mol. The minimum absolute atomic E-state index is 0.00361. The fourth-order valence-electron chi connectivity index (χ4n) is 2.28. The summed E-state index contributed by atoms with van der Waals surface area (Å²) in [6.45, 7) is 4.35. The smallest absolute Gasteiger partial charge is 0.234 e. The minimum Gasteiger partial charge on any atom is -0.389 e. The number of rotatable bonds is 6. The van der Waals surface area contributed by atoms with Crippen molar-refractivity contribution in [3.05, 3.63) is 34.9 Å². The lowest BCUT2D eigenvalue weighted by Gasteiger charge is -2.28. The van der Waals surface area contributed by atoms with Crippen molar-refractivity contribution in [1.82, 2.24) is 10.2 Å². The molecule has 1 aliphatic heterocycles. The van der Waals surface area contributed by atoms with Crippen LogP contribution in [0.2, 0.25) is 5.02 Å². The van der Waals surface area contributed by atoms with Crippen molar-refractivity contribution in [3.63, 3.8) is 0 Å². The highest BCUT2D eigenvalue weighted by molar-refractivity contribution is 6.30. The number of piperazine rings is 1. The molecule has 2 N–H and O–H groups in total. The van der Waals surface area contributed by atoms with Crippen LogP contribution in [0.5, 0.6) is 0 Å². The molecule has 1 aromatic rings. The molecule has 0 bridgehead atoms. The third kappa shape index (κ3) is 5.28. The quantitative estimate of drug-likeness (QED) is 0.829. The standard InChI is InChI=1S/C15H21ClN2O3/c1-11(12-2-4-13(16)5-3-12)21-10-14(19)8-18-7-6-17-15(20)9-18/h2-5,11,14,19H,6-10H2,1H3,(H,17,20)/t11-,14+/m1/s1. The highest BCUT2D eigenvalue weighted by Gasteiger charge is 2.19. The first-order valence-electron chi connectivity index (χ1n) is 7.09. The Balaban J connectivity index is 1.74. The Morgan fingerprint density at radius 3 is 2.81 bits per heavy atom. The Morgan fingerprint density at radius 2 is 2.14 bits per heavy atom. The summed E-state index contributed by atoms with van der Waals surface area (Å²) in [7, 11) is 0. The lowest BCUT2D eigenvalue weighted by molar-refractivity contribution is -0.124. The SMILES string of the molecule is C[C@@H](OC[C@@H](O)CN1CCNC(=O)C1)c1ccc(Cl)cc1. The summed E-state index contributed by atoms with van der Waals surface area (Å²) in [5, 5.41) is 13.5. The second-order valence-corrected chi connectivity index (χ2v) is 5.70. The van der Waals surface area contributed by atoms with Gasteiger partial charge in [-0.15, -0.1) is 0 Å². The van der Waals surface area contributed by atoms with Crippen LogP contribution in [0.3, 0.4) is 0 Å². The molecule has 0 radical (unpaired) electrons. The van der Waals surface area contributed by atoms with Crippen LogP contribution in [-0.4, -0.2) is 54.8 Å². The topological polar surface area (TPSA) is 61.8 Å². The zero-order chi connectivity index (χ0) is 15.2. The second-order valence-electron chi connectivity index (χ2n) is 5.27. The number of halogens is 1. The maximum Gasteiger partial charge on any atom is 0.234 e.